The van der Waals surface area contributed by atoms with Crippen LogP contribution in [0.3, 0.4) is 0 Å². The van der Waals surface area contributed by atoms with E-state index >= 15 is 0 Å². The third-order valence-electron chi connectivity index (χ3n) is 7.81. The monoisotopic (exact) mass is 611 g/mol. The van der Waals surface area contributed by atoms with Crippen molar-refractivity contribution in [1.29, 1.82) is 0 Å². The Balaban J connectivity index is 1.87. The highest BCUT2D eigenvalue weighted by Gasteiger charge is 2.77. The van der Waals surface area contributed by atoms with Crippen LogP contribution in [0.2, 0.25) is 0 Å². The molecule has 0 radical (unpaired) electrons. The lowest BCUT2D eigenvalue weighted by Crippen LogP contribution is -2.58. The maximum atomic E-state index is 14.1. The number of halogens is 1. The molecule has 3 aliphatic rings. The average molecular weight is 613 g/mol. The summed E-state index contributed by atoms with van der Waals surface area (Å²) >= 11 is 3.65. The predicted molar refractivity (Wildman–Crippen MR) is 149 cm³/mol. The minimum absolute atomic E-state index is 0.0250. The molecule has 3 saturated heterocycles. The number of carbonyl (C=O) groups excluding carboxylic acids is 4. The number of nitrogens with one attached hydrogen (secondary N) is 1. The minimum Gasteiger partial charge on any atom is -0.460 e. The molecule has 0 aromatic carbocycles. The lowest BCUT2D eigenvalue weighted by molar-refractivity contribution is -0.159. The number of aliphatic hydroxyl groups is 1. The molecule has 0 aromatic heterocycles. The number of fused-ring (bicyclic) bond motifs is 1. The molecular weight excluding hydrogens is 570 g/mol. The Morgan fingerprint density at radius 1 is 1.28 bits per heavy atom. The molecule has 3 fully saturated rings. The van der Waals surface area contributed by atoms with Gasteiger partial charge in [0.15, 0.2) is 0 Å². The summed E-state index contributed by atoms with van der Waals surface area (Å²) in [5.41, 5.74) is -1.17. The van der Waals surface area contributed by atoms with Gasteiger partial charge in [0.05, 0.1) is 24.5 Å². The number of likely N-dealkylation sites (tertiary alicyclic amines) is 1. The van der Waals surface area contributed by atoms with Crippen LogP contribution in [0.4, 0.5) is 0 Å². The Bertz CT molecular complexity index is 959. The first-order chi connectivity index (χ1) is 18.5. The molecule has 2 N–H and O–H groups in total. The fourth-order valence-corrected chi connectivity index (χ4v) is 7.00. The average Bonchev–Trinajstić information content (AvgIpc) is 3.47. The Morgan fingerprint density at radius 3 is 2.62 bits per heavy atom. The normalized spacial score (nSPS) is 29.7. The fourth-order valence-electron chi connectivity index (χ4n) is 6.06. The Hall–Kier alpha value is -2.24. The van der Waals surface area contributed by atoms with Crippen LogP contribution in [-0.4, -0.2) is 99.6 Å². The van der Waals surface area contributed by atoms with Crippen molar-refractivity contribution in [1.82, 2.24) is 15.1 Å². The number of unbranched alkanes of at least 4 members (excludes halogenated alkanes) is 1. The Labute approximate surface area is 239 Å². The number of esters is 1. The first kappa shape index (κ1) is 31.3. The summed E-state index contributed by atoms with van der Waals surface area (Å²) in [6, 6.07) is -1.04. The van der Waals surface area contributed by atoms with Gasteiger partial charge in [-0.15, -0.1) is 13.2 Å². The zero-order valence-electron chi connectivity index (χ0n) is 23.1. The van der Waals surface area contributed by atoms with Crippen LogP contribution in [0.15, 0.2) is 25.3 Å². The maximum Gasteiger partial charge on any atom is 0.312 e. The summed E-state index contributed by atoms with van der Waals surface area (Å²) < 4.78 is 12.2. The van der Waals surface area contributed by atoms with Crippen molar-refractivity contribution < 1.29 is 33.8 Å². The summed E-state index contributed by atoms with van der Waals surface area (Å²) in [5, 5.41) is 12.1. The molecule has 0 aliphatic carbocycles. The number of hydrogen-bond donors (Lipinski definition) is 2. The molecule has 1 unspecified atom stereocenters. The van der Waals surface area contributed by atoms with Crippen molar-refractivity contribution in [3.05, 3.63) is 25.3 Å². The zero-order chi connectivity index (χ0) is 28.9. The van der Waals surface area contributed by atoms with Crippen molar-refractivity contribution in [2.24, 2.45) is 11.8 Å². The number of hydrogen-bond acceptors (Lipinski definition) is 7. The number of alkyl halides is 1. The van der Waals surface area contributed by atoms with Gasteiger partial charge in [-0.2, -0.15) is 0 Å². The number of allylic oxidation sites excluding steroid dienone is 1. The molecule has 7 atom stereocenters. The zero-order valence-corrected chi connectivity index (χ0v) is 24.7. The van der Waals surface area contributed by atoms with Crippen LogP contribution in [0.5, 0.6) is 0 Å². The van der Waals surface area contributed by atoms with Crippen molar-refractivity contribution in [2.75, 3.05) is 26.2 Å². The summed E-state index contributed by atoms with van der Waals surface area (Å²) in [5.74, 6) is -3.04. The molecule has 0 aromatic rings. The van der Waals surface area contributed by atoms with Gasteiger partial charge in [-0.05, 0) is 46.5 Å². The molecule has 3 heterocycles. The molecule has 1 spiro atoms. The molecule has 3 aliphatic heterocycles. The molecule has 3 amide bonds. The Kier molecular flexibility index (Phi) is 10.8. The quantitative estimate of drug-likeness (QED) is 0.125. The van der Waals surface area contributed by atoms with Crippen LogP contribution in [0, 0.1) is 11.8 Å². The van der Waals surface area contributed by atoms with E-state index in [0.29, 0.717) is 38.6 Å². The summed E-state index contributed by atoms with van der Waals surface area (Å²) in [6.07, 6.45) is 4.31. The van der Waals surface area contributed by atoms with E-state index in [1.165, 1.54) is 0 Å². The smallest absolute Gasteiger partial charge is 0.312 e. The van der Waals surface area contributed by atoms with E-state index < -0.39 is 41.7 Å². The standard InChI is InChI=1S/C28H42BrN3O7/c1-6-8-11-20(34)30-16-18(5)38-27(37)21-22-25(35)32(13-9-10-14-33)24(26(36)31(12-7-2)17(3)4)28(22)15-19(29)23(21)39-28/h6-7,17-19,21-24,33H,1-2,8-16H2,3-5H3,(H,30,34)/t18-,19?,21-,22+,23-,24-,28+/m1/s1. The van der Waals surface area contributed by atoms with E-state index in [0.717, 1.165) is 0 Å². The lowest BCUT2D eigenvalue weighted by atomic mass is 9.70. The highest BCUT2D eigenvalue weighted by molar-refractivity contribution is 9.09. The molecule has 218 valence electrons. The van der Waals surface area contributed by atoms with Gasteiger partial charge in [-0.25, -0.2) is 0 Å². The number of nitrogens with zero attached hydrogens (tertiary/aromatic N) is 2. The van der Waals surface area contributed by atoms with E-state index in [1.54, 1.807) is 28.9 Å². The number of aliphatic hydroxyl groups excluding tert-OH is 1. The van der Waals surface area contributed by atoms with Gasteiger partial charge in [-0.1, -0.05) is 28.1 Å². The maximum absolute atomic E-state index is 14.1. The molecule has 11 heteroatoms. The second-order valence-corrected chi connectivity index (χ2v) is 12.1. The Morgan fingerprint density at radius 2 is 2.00 bits per heavy atom. The van der Waals surface area contributed by atoms with Gasteiger partial charge in [-0.3, -0.25) is 19.2 Å². The van der Waals surface area contributed by atoms with Crippen LogP contribution in [0.1, 0.15) is 52.9 Å². The van der Waals surface area contributed by atoms with Crippen LogP contribution >= 0.6 is 15.9 Å². The van der Waals surface area contributed by atoms with E-state index in [-0.39, 0.29) is 48.3 Å². The van der Waals surface area contributed by atoms with Crippen molar-refractivity contribution >= 4 is 39.6 Å². The van der Waals surface area contributed by atoms with E-state index in [4.69, 9.17) is 9.47 Å². The van der Waals surface area contributed by atoms with Crippen molar-refractivity contribution in [2.45, 2.75) is 87.6 Å². The van der Waals surface area contributed by atoms with Crippen molar-refractivity contribution in [3.8, 4) is 0 Å². The summed E-state index contributed by atoms with van der Waals surface area (Å²) in [7, 11) is 0. The van der Waals surface area contributed by atoms with Crippen LogP contribution < -0.4 is 5.32 Å². The molecule has 2 bridgehead atoms. The highest BCUT2D eigenvalue weighted by Crippen LogP contribution is 2.60. The van der Waals surface area contributed by atoms with Gasteiger partial charge in [0.25, 0.3) is 0 Å². The summed E-state index contributed by atoms with van der Waals surface area (Å²) in [6.45, 7) is 13.6. The second kappa shape index (κ2) is 13.4. The lowest BCUT2D eigenvalue weighted by Gasteiger charge is -2.38. The van der Waals surface area contributed by atoms with E-state index in [9.17, 15) is 24.3 Å². The fraction of sp³-hybridized carbons (Fsp3) is 0.714. The van der Waals surface area contributed by atoms with Gasteiger partial charge in [0.1, 0.15) is 17.7 Å². The first-order valence-corrected chi connectivity index (χ1v) is 14.7. The van der Waals surface area contributed by atoms with Crippen LogP contribution in [-0.2, 0) is 28.7 Å². The summed E-state index contributed by atoms with van der Waals surface area (Å²) in [4.78, 5) is 56.5. The largest absolute Gasteiger partial charge is 0.460 e. The number of ether oxygens (including phenoxy) is 2. The minimum atomic E-state index is -1.17. The second-order valence-electron chi connectivity index (χ2n) is 10.9. The predicted octanol–water partition coefficient (Wildman–Crippen LogP) is 1.94. The molecule has 10 nitrogen and oxygen atoms in total. The molecule has 39 heavy (non-hydrogen) atoms. The topological polar surface area (TPSA) is 125 Å². The van der Waals surface area contributed by atoms with E-state index in [1.807, 2.05) is 13.8 Å². The number of amides is 3. The van der Waals surface area contributed by atoms with Gasteiger partial charge >= 0.3 is 5.97 Å². The third kappa shape index (κ3) is 6.25. The number of rotatable bonds is 15. The molecule has 0 saturated carbocycles. The molecular formula is C28H42BrN3O7. The van der Waals surface area contributed by atoms with Gasteiger partial charge in [0, 0.05) is 37.0 Å². The van der Waals surface area contributed by atoms with Crippen LogP contribution in [0.25, 0.3) is 0 Å². The number of carbonyl (C=O) groups is 4. The van der Waals surface area contributed by atoms with Gasteiger partial charge in [0.2, 0.25) is 17.7 Å². The van der Waals surface area contributed by atoms with Gasteiger partial charge < -0.3 is 29.7 Å². The third-order valence-corrected chi connectivity index (χ3v) is 8.66. The van der Waals surface area contributed by atoms with E-state index in [2.05, 4.69) is 34.4 Å². The SMILES string of the molecule is C=CCCC(=O)NC[C@@H](C)OC(=O)[C@H]1[C@@H]2O[C@@]3(CC2Br)[C@@H]1C(=O)N(CCCCO)[C@@H]3C(=O)N(CC=C)C(C)C. The van der Waals surface area contributed by atoms with Crippen molar-refractivity contribution in [3.63, 3.8) is 0 Å². The molecule has 3 rings (SSSR count). The first-order valence-electron chi connectivity index (χ1n) is 13.8. The highest BCUT2D eigenvalue weighted by atomic mass is 79.9.